The van der Waals surface area contributed by atoms with E-state index in [1.165, 1.54) is 0 Å². The van der Waals surface area contributed by atoms with Gasteiger partial charge in [0.15, 0.2) is 0 Å². The van der Waals surface area contributed by atoms with Gasteiger partial charge in [-0.15, -0.1) is 0 Å². The van der Waals surface area contributed by atoms with Crippen LogP contribution in [-0.4, -0.2) is 30.7 Å². The number of methoxy groups -OCH3 is 1. The Kier molecular flexibility index (Phi) is 3.65. The average molecular weight is 247 g/mol. The van der Waals surface area contributed by atoms with Gasteiger partial charge < -0.3 is 9.64 Å². The van der Waals surface area contributed by atoms with Crippen LogP contribution in [0.4, 0.5) is 0 Å². The molecule has 4 nitrogen and oxygen atoms in total. The lowest BCUT2D eigenvalue weighted by Gasteiger charge is -2.37. The predicted molar refractivity (Wildman–Crippen MR) is 67.3 cm³/mol. The van der Waals surface area contributed by atoms with E-state index in [0.29, 0.717) is 13.0 Å². The molecule has 0 spiro atoms. The molecular weight excluding hydrogens is 230 g/mol. The van der Waals surface area contributed by atoms with Crippen molar-refractivity contribution in [3.05, 3.63) is 29.8 Å². The molecule has 0 aliphatic carbocycles. The van der Waals surface area contributed by atoms with Crippen molar-refractivity contribution in [3.8, 4) is 5.75 Å². The summed E-state index contributed by atoms with van der Waals surface area (Å²) in [6.45, 7) is 2.37. The van der Waals surface area contributed by atoms with Crippen LogP contribution in [0.15, 0.2) is 24.3 Å². The van der Waals surface area contributed by atoms with E-state index in [9.17, 15) is 9.59 Å². The van der Waals surface area contributed by atoms with Crippen molar-refractivity contribution in [3.63, 3.8) is 0 Å². The number of carbonyl (C=O) groups excluding carboxylic acids is 2. The lowest BCUT2D eigenvalue weighted by molar-refractivity contribution is -0.133. The number of benzene rings is 1. The first-order chi connectivity index (χ1) is 8.67. The fourth-order valence-corrected chi connectivity index (χ4v) is 2.49. The van der Waals surface area contributed by atoms with Crippen molar-refractivity contribution in [1.82, 2.24) is 4.90 Å². The summed E-state index contributed by atoms with van der Waals surface area (Å²) < 4.78 is 5.18. The first-order valence-corrected chi connectivity index (χ1v) is 6.05. The maximum atomic E-state index is 11.8. The molecule has 1 fully saturated rings. The molecule has 2 atom stereocenters. The Morgan fingerprint density at radius 3 is 2.89 bits per heavy atom. The molecule has 4 heteroatoms. The zero-order valence-corrected chi connectivity index (χ0v) is 10.6. The fraction of sp³-hybridized carbons (Fsp3) is 0.429. The molecule has 96 valence electrons. The quantitative estimate of drug-likeness (QED) is 0.765. The molecule has 0 saturated carbocycles. The van der Waals surface area contributed by atoms with Gasteiger partial charge in [-0.2, -0.15) is 0 Å². The van der Waals surface area contributed by atoms with Crippen LogP contribution in [0, 0.1) is 5.92 Å². The molecular formula is C14H17NO3. The number of amides is 1. The number of carbonyl (C=O) groups is 2. The van der Waals surface area contributed by atoms with Crippen LogP contribution in [0.25, 0.3) is 0 Å². The molecule has 1 heterocycles. The Bertz CT molecular complexity index is 456. The highest BCUT2D eigenvalue weighted by molar-refractivity contribution is 5.83. The van der Waals surface area contributed by atoms with Crippen LogP contribution in [0.2, 0.25) is 0 Å². The summed E-state index contributed by atoms with van der Waals surface area (Å²) in [5.41, 5.74) is 0.946. The maximum absolute atomic E-state index is 11.8. The molecule has 0 bridgehead atoms. The Morgan fingerprint density at radius 1 is 1.44 bits per heavy atom. The normalized spacial score (nSPS) is 23.9. The van der Waals surface area contributed by atoms with Crippen molar-refractivity contribution in [2.75, 3.05) is 13.7 Å². The van der Waals surface area contributed by atoms with Crippen LogP contribution in [0.1, 0.15) is 24.9 Å². The van der Waals surface area contributed by atoms with Crippen molar-refractivity contribution < 1.29 is 14.3 Å². The lowest BCUT2D eigenvalue weighted by atomic mass is 9.85. The highest BCUT2D eigenvalue weighted by atomic mass is 16.5. The molecule has 1 amide bonds. The highest BCUT2D eigenvalue weighted by Gasteiger charge is 2.34. The number of Topliss-reactive ketones (excluding diaryl/α,β-unsaturated/α-hetero) is 1. The van der Waals surface area contributed by atoms with E-state index in [1.54, 1.807) is 12.0 Å². The smallest absolute Gasteiger partial charge is 0.210 e. The van der Waals surface area contributed by atoms with E-state index in [1.807, 2.05) is 31.2 Å². The van der Waals surface area contributed by atoms with E-state index in [4.69, 9.17) is 4.74 Å². The summed E-state index contributed by atoms with van der Waals surface area (Å²) >= 11 is 0. The van der Waals surface area contributed by atoms with Gasteiger partial charge in [-0.1, -0.05) is 19.1 Å². The van der Waals surface area contributed by atoms with Gasteiger partial charge in [0, 0.05) is 18.9 Å². The Balaban J connectivity index is 2.36. The maximum Gasteiger partial charge on any atom is 0.210 e. The van der Waals surface area contributed by atoms with Gasteiger partial charge in [0.1, 0.15) is 11.5 Å². The number of nitrogens with zero attached hydrogens (tertiary/aromatic N) is 1. The first-order valence-electron chi connectivity index (χ1n) is 6.05. The fourth-order valence-electron chi connectivity index (χ4n) is 2.49. The number of hydrogen-bond donors (Lipinski definition) is 0. The lowest BCUT2D eigenvalue weighted by Crippen LogP contribution is -2.41. The van der Waals surface area contributed by atoms with Gasteiger partial charge in [0.05, 0.1) is 13.2 Å². The van der Waals surface area contributed by atoms with E-state index in [2.05, 4.69) is 0 Å². The third-order valence-electron chi connectivity index (χ3n) is 3.53. The molecule has 1 aliphatic heterocycles. The third-order valence-corrected chi connectivity index (χ3v) is 3.53. The first kappa shape index (κ1) is 12.6. The zero-order chi connectivity index (χ0) is 13.1. The summed E-state index contributed by atoms with van der Waals surface area (Å²) in [6.07, 6.45) is 1.27. The van der Waals surface area contributed by atoms with E-state index in [-0.39, 0.29) is 17.7 Å². The predicted octanol–water partition coefficient (Wildman–Crippen LogP) is 1.80. The second-order valence-electron chi connectivity index (χ2n) is 4.57. The molecule has 0 radical (unpaired) electrons. The van der Waals surface area contributed by atoms with Crippen molar-refractivity contribution >= 4 is 12.2 Å². The average Bonchev–Trinajstić information content (AvgIpc) is 2.41. The van der Waals surface area contributed by atoms with Gasteiger partial charge in [0.25, 0.3) is 0 Å². The Labute approximate surface area is 107 Å². The van der Waals surface area contributed by atoms with Crippen LogP contribution in [-0.2, 0) is 9.59 Å². The molecule has 0 N–H and O–H groups in total. The molecule has 2 rings (SSSR count). The summed E-state index contributed by atoms with van der Waals surface area (Å²) in [5.74, 6) is 0.778. The summed E-state index contributed by atoms with van der Waals surface area (Å²) in [4.78, 5) is 24.6. The highest BCUT2D eigenvalue weighted by Crippen LogP contribution is 2.34. The van der Waals surface area contributed by atoms with E-state index in [0.717, 1.165) is 17.7 Å². The second kappa shape index (κ2) is 5.21. The minimum absolute atomic E-state index is 0.170. The van der Waals surface area contributed by atoms with E-state index < -0.39 is 0 Å². The zero-order valence-electron chi connectivity index (χ0n) is 10.6. The number of rotatable bonds is 3. The molecule has 1 saturated heterocycles. The van der Waals surface area contributed by atoms with Crippen molar-refractivity contribution in [1.29, 1.82) is 0 Å². The number of ketones is 1. The Morgan fingerprint density at radius 2 is 2.22 bits per heavy atom. The molecule has 0 unspecified atom stereocenters. The number of piperidine rings is 1. The molecule has 0 aromatic heterocycles. The molecule has 18 heavy (non-hydrogen) atoms. The van der Waals surface area contributed by atoms with Gasteiger partial charge in [0.2, 0.25) is 6.41 Å². The van der Waals surface area contributed by atoms with Crippen LogP contribution < -0.4 is 4.74 Å². The van der Waals surface area contributed by atoms with Gasteiger partial charge >= 0.3 is 0 Å². The summed E-state index contributed by atoms with van der Waals surface area (Å²) in [7, 11) is 1.60. The standard InChI is InChI=1S/C14H17NO3/c1-10-13(17)6-7-15(9-16)14(10)11-4-3-5-12(8-11)18-2/h3-5,8-10,14H,6-7H2,1-2H3/t10-,14+/m1/s1. The van der Waals surface area contributed by atoms with Crippen molar-refractivity contribution in [2.45, 2.75) is 19.4 Å². The number of likely N-dealkylation sites (tertiary alicyclic amines) is 1. The van der Waals surface area contributed by atoms with Crippen molar-refractivity contribution in [2.24, 2.45) is 5.92 Å². The minimum Gasteiger partial charge on any atom is -0.497 e. The summed E-state index contributed by atoms with van der Waals surface area (Å²) in [5, 5.41) is 0. The van der Waals surface area contributed by atoms with Crippen LogP contribution in [0.5, 0.6) is 5.75 Å². The van der Waals surface area contributed by atoms with Gasteiger partial charge in [-0.05, 0) is 17.7 Å². The van der Waals surface area contributed by atoms with Gasteiger partial charge in [-0.3, -0.25) is 9.59 Å². The molecule has 1 aliphatic rings. The third kappa shape index (κ3) is 2.23. The Hall–Kier alpha value is -1.84. The van der Waals surface area contributed by atoms with Crippen LogP contribution >= 0.6 is 0 Å². The summed E-state index contributed by atoms with van der Waals surface area (Å²) in [6, 6.07) is 7.36. The van der Waals surface area contributed by atoms with E-state index >= 15 is 0 Å². The van der Waals surface area contributed by atoms with Crippen LogP contribution in [0.3, 0.4) is 0 Å². The second-order valence-corrected chi connectivity index (χ2v) is 4.57. The minimum atomic E-state index is -0.182. The SMILES string of the molecule is COc1cccc([C@@H]2[C@H](C)C(=O)CCN2C=O)c1. The molecule has 1 aromatic rings. The molecule has 1 aromatic carbocycles. The number of ether oxygens (including phenoxy) is 1. The number of hydrogen-bond acceptors (Lipinski definition) is 3. The largest absolute Gasteiger partial charge is 0.497 e. The topological polar surface area (TPSA) is 46.6 Å². The monoisotopic (exact) mass is 247 g/mol. The van der Waals surface area contributed by atoms with Gasteiger partial charge in [-0.25, -0.2) is 0 Å².